The Hall–Kier alpha value is -4.05. The van der Waals surface area contributed by atoms with Crippen LogP contribution in [0.3, 0.4) is 0 Å². The van der Waals surface area contributed by atoms with Crippen LogP contribution in [-0.4, -0.2) is 95.1 Å². The van der Waals surface area contributed by atoms with Crippen molar-refractivity contribution in [1.82, 2.24) is 25.8 Å². The Bertz CT molecular complexity index is 2310. The average molecular weight is 938 g/mol. The van der Waals surface area contributed by atoms with Crippen LogP contribution in [0.25, 0.3) is 10.4 Å². The molecule has 1 unspecified atom stereocenters. The van der Waals surface area contributed by atoms with Crippen molar-refractivity contribution in [2.45, 2.75) is 96.6 Å². The van der Waals surface area contributed by atoms with Gasteiger partial charge < -0.3 is 26.2 Å². The second-order valence-corrected chi connectivity index (χ2v) is 20.7. The molecule has 3 aromatic carbocycles. The molecule has 1 aliphatic rings. The van der Waals surface area contributed by atoms with Gasteiger partial charge in [-0.15, -0.1) is 23.1 Å². The summed E-state index contributed by atoms with van der Waals surface area (Å²) in [6.07, 6.45) is 5.57. The number of hydrogen-bond acceptors (Lipinski definition) is 12. The van der Waals surface area contributed by atoms with Crippen LogP contribution in [0, 0.1) is 6.92 Å². The number of primary sulfonamides is 1. The maximum absolute atomic E-state index is 13.7. The van der Waals surface area contributed by atoms with E-state index in [0.717, 1.165) is 90.3 Å². The number of benzene rings is 3. The number of aryl methyl sites for hydroxylation is 1. The van der Waals surface area contributed by atoms with E-state index in [1.807, 2.05) is 68.6 Å². The van der Waals surface area contributed by atoms with Crippen LogP contribution in [0.4, 0.5) is 18.9 Å². The summed E-state index contributed by atoms with van der Waals surface area (Å²) in [5.74, 6) is 0.0955. The highest BCUT2D eigenvalue weighted by atomic mass is 32.2. The van der Waals surface area contributed by atoms with Gasteiger partial charge in [-0.05, 0) is 107 Å². The number of aromatic nitrogens is 1. The highest BCUT2D eigenvalue weighted by Crippen LogP contribution is 2.36. The molecule has 0 saturated carbocycles. The molecular formula is C42H54F3N7O6S4. The van der Waals surface area contributed by atoms with Crippen LogP contribution in [0.5, 0.6) is 0 Å². The molecule has 338 valence electrons. The Morgan fingerprint density at radius 3 is 2.37 bits per heavy atom. The largest absolute Gasteiger partial charge is 0.501 e. The molecule has 0 spiro atoms. The van der Waals surface area contributed by atoms with Gasteiger partial charge in [0.25, 0.3) is 9.84 Å². The number of nitrogens with one attached hydrogen (secondary N) is 4. The number of carbonyl (C=O) groups excluding carboxylic acids is 2. The molecule has 13 nitrogen and oxygen atoms in total. The number of nitrogens with zero attached hydrogens (tertiary/aromatic N) is 2. The Morgan fingerprint density at radius 1 is 1.00 bits per heavy atom. The molecule has 1 aromatic heterocycles. The van der Waals surface area contributed by atoms with Gasteiger partial charge >= 0.3 is 5.51 Å². The summed E-state index contributed by atoms with van der Waals surface area (Å²) < 4.78 is 90.3. The van der Waals surface area contributed by atoms with E-state index in [-0.39, 0.29) is 30.0 Å². The first-order chi connectivity index (χ1) is 29.4. The van der Waals surface area contributed by atoms with E-state index in [2.05, 4.69) is 31.2 Å². The molecule has 1 saturated heterocycles. The van der Waals surface area contributed by atoms with Gasteiger partial charge in [-0.2, -0.15) is 13.2 Å². The molecular weight excluding hydrogens is 884 g/mol. The van der Waals surface area contributed by atoms with Gasteiger partial charge in [0.15, 0.2) is 0 Å². The highest BCUT2D eigenvalue weighted by Gasteiger charge is 2.48. The van der Waals surface area contributed by atoms with E-state index in [9.17, 15) is 39.6 Å². The third kappa shape index (κ3) is 14.2. The third-order valence-corrected chi connectivity index (χ3v) is 15.1. The monoisotopic (exact) mass is 937 g/mol. The number of unbranched alkanes of at least 4 members (excludes halogenated alkanes) is 3. The number of hydrogen-bond donors (Lipinski definition) is 5. The van der Waals surface area contributed by atoms with E-state index in [4.69, 9.17) is 5.14 Å². The zero-order valence-electron chi connectivity index (χ0n) is 34.6. The Morgan fingerprint density at radius 2 is 1.73 bits per heavy atom. The number of thioether (sulfide) groups is 1. The third-order valence-electron chi connectivity index (χ3n) is 10.5. The van der Waals surface area contributed by atoms with Crippen molar-refractivity contribution >= 4 is 60.5 Å². The number of amides is 2. The lowest BCUT2D eigenvalue weighted by atomic mass is 10.00. The topological polar surface area (TPSA) is 193 Å². The molecule has 3 atom stereocenters. The second kappa shape index (κ2) is 22.5. The molecule has 1 fully saturated rings. The van der Waals surface area contributed by atoms with Crippen LogP contribution in [0.15, 0.2) is 93.0 Å². The van der Waals surface area contributed by atoms with E-state index >= 15 is 0 Å². The molecule has 0 bridgehead atoms. The van der Waals surface area contributed by atoms with E-state index in [1.54, 1.807) is 16.8 Å². The van der Waals surface area contributed by atoms with E-state index in [0.29, 0.717) is 31.3 Å². The van der Waals surface area contributed by atoms with Crippen molar-refractivity contribution in [2.24, 2.45) is 5.14 Å². The predicted molar refractivity (Wildman–Crippen MR) is 238 cm³/mol. The molecule has 5 rings (SSSR count). The number of alkyl halides is 3. The summed E-state index contributed by atoms with van der Waals surface area (Å²) in [6, 6.07) is 18.4. The number of sulfonamides is 1. The number of anilines is 1. The lowest BCUT2D eigenvalue weighted by Crippen LogP contribution is -2.43. The summed E-state index contributed by atoms with van der Waals surface area (Å²) in [7, 11) is -8.51. The van der Waals surface area contributed by atoms with Crippen molar-refractivity contribution in [2.75, 3.05) is 44.3 Å². The zero-order valence-corrected chi connectivity index (χ0v) is 37.9. The first-order valence-corrected chi connectivity index (χ1v) is 25.2. The van der Waals surface area contributed by atoms with Gasteiger partial charge in [-0.3, -0.25) is 9.59 Å². The fourth-order valence-electron chi connectivity index (χ4n) is 6.99. The van der Waals surface area contributed by atoms with Gasteiger partial charge in [0, 0.05) is 23.2 Å². The summed E-state index contributed by atoms with van der Waals surface area (Å²) in [5.41, 5.74) is -1.43. The van der Waals surface area contributed by atoms with Crippen LogP contribution < -0.4 is 26.4 Å². The van der Waals surface area contributed by atoms with Gasteiger partial charge in [-0.25, -0.2) is 27.0 Å². The number of carbonyl (C=O) groups is 2. The summed E-state index contributed by atoms with van der Waals surface area (Å²) in [5, 5.41) is 17.4. The minimum Gasteiger partial charge on any atom is -0.380 e. The van der Waals surface area contributed by atoms with Gasteiger partial charge in [-0.1, -0.05) is 55.3 Å². The molecule has 6 N–H and O–H groups in total. The lowest BCUT2D eigenvalue weighted by molar-refractivity contribution is -0.124. The average Bonchev–Trinajstić information content (AvgIpc) is 3.93. The fourth-order valence-corrected chi connectivity index (χ4v) is 10.4. The Kier molecular flexibility index (Phi) is 17.8. The molecule has 20 heteroatoms. The lowest BCUT2D eigenvalue weighted by Gasteiger charge is -2.25. The standard InChI is InChI=1S/C42H54F3N7O6S4/c1-29-40(60-28-49-29)31-16-14-30(15-17-31)37(51-41(54)36-13-10-22-47-36)26-39(53)48-21-8-3-4-9-23-52(2)24-20-32(27-59-33-11-6-5-7-12-33)50-35-19-18-34(62(46,57)58)25-38(35)61(55,56)42(43,44)45/h5-7,11-12,14-19,25,28,32,36-37,47,50H,3-4,8-10,13,20-24,26-27H2,1-2H3,(H,48,53)(H,51,54)(H2,46,57,58)/t32-,36?,37+/m1/s1. The van der Waals surface area contributed by atoms with Crippen molar-refractivity contribution < 1.29 is 39.6 Å². The van der Waals surface area contributed by atoms with Crippen LogP contribution in [0.1, 0.15) is 68.7 Å². The zero-order chi connectivity index (χ0) is 44.9. The summed E-state index contributed by atoms with van der Waals surface area (Å²) in [4.78, 5) is 32.6. The molecule has 0 radical (unpaired) electrons. The second-order valence-electron chi connectivity index (χ2n) is 15.3. The number of thiazole rings is 1. The van der Waals surface area contributed by atoms with Crippen LogP contribution in [0.2, 0.25) is 0 Å². The molecule has 0 aliphatic carbocycles. The van der Waals surface area contributed by atoms with Gasteiger partial charge in [0.05, 0.1) is 45.2 Å². The number of halogens is 3. The van der Waals surface area contributed by atoms with Crippen molar-refractivity contribution in [3.63, 3.8) is 0 Å². The molecule has 4 aromatic rings. The number of rotatable bonds is 23. The van der Waals surface area contributed by atoms with Crippen molar-refractivity contribution in [3.05, 3.63) is 89.6 Å². The molecule has 62 heavy (non-hydrogen) atoms. The summed E-state index contributed by atoms with van der Waals surface area (Å²) in [6.45, 7) is 4.48. The summed E-state index contributed by atoms with van der Waals surface area (Å²) >= 11 is 3.01. The van der Waals surface area contributed by atoms with Crippen LogP contribution >= 0.6 is 23.1 Å². The van der Waals surface area contributed by atoms with E-state index in [1.165, 1.54) is 11.8 Å². The number of nitrogens with two attached hydrogens (primary N) is 1. The van der Waals surface area contributed by atoms with Gasteiger partial charge in [0.1, 0.15) is 4.90 Å². The van der Waals surface area contributed by atoms with Gasteiger partial charge in [0.2, 0.25) is 21.8 Å². The number of sulfone groups is 1. The van der Waals surface area contributed by atoms with E-state index < -0.39 is 47.2 Å². The first-order valence-electron chi connectivity index (χ1n) is 20.3. The minimum absolute atomic E-state index is 0.0995. The highest BCUT2D eigenvalue weighted by molar-refractivity contribution is 7.99. The maximum Gasteiger partial charge on any atom is 0.501 e. The quantitative estimate of drug-likeness (QED) is 0.0396. The molecule has 1 aliphatic heterocycles. The Labute approximate surface area is 370 Å². The van der Waals surface area contributed by atoms with Crippen LogP contribution in [-0.2, 0) is 29.4 Å². The molecule has 2 amide bonds. The van der Waals surface area contributed by atoms with Crippen molar-refractivity contribution in [3.8, 4) is 10.4 Å². The smallest absolute Gasteiger partial charge is 0.380 e. The fraction of sp³-hybridized carbons (Fsp3) is 0.452. The SMILES string of the molecule is Cc1ncsc1-c1ccc([C@H](CC(=O)NCCCCCCN(C)CC[C@H](CSc2ccccc2)Nc2ccc(S(N)(=O)=O)cc2S(=O)(=O)C(F)(F)F)NC(=O)C2CCCN2)cc1. The normalized spacial score (nSPS) is 15.6. The predicted octanol–water partition coefficient (Wildman–Crippen LogP) is 6.63. The molecule has 2 heterocycles. The maximum atomic E-state index is 13.7. The Balaban J connectivity index is 1.10. The first kappa shape index (κ1) is 49.0. The minimum atomic E-state index is -5.94. The van der Waals surface area contributed by atoms with Crippen molar-refractivity contribution in [1.29, 1.82) is 0 Å².